The summed E-state index contributed by atoms with van der Waals surface area (Å²) in [6, 6.07) is 72.9. The normalized spacial score (nSPS) is 15.2. The number of ether oxygens (including phenoxy) is 9. The van der Waals surface area contributed by atoms with Crippen LogP contribution in [-0.2, 0) is 78.7 Å². The predicted octanol–water partition coefficient (Wildman–Crippen LogP) is 13.2. The average Bonchev–Trinajstić information content (AvgIpc) is 0.999. The van der Waals surface area contributed by atoms with Gasteiger partial charge in [0.2, 0.25) is 54.8 Å². The van der Waals surface area contributed by atoms with Crippen LogP contribution in [0.5, 0.6) is 51.7 Å². The van der Waals surface area contributed by atoms with Gasteiger partial charge >= 0.3 is 0 Å². The highest BCUT2D eigenvalue weighted by Gasteiger charge is 2.38. The third kappa shape index (κ3) is 32.7. The number of fused-ring (bicyclic) bond motifs is 2. The molecule has 0 aliphatic carbocycles. The molecule has 15 rings (SSSR count). The lowest BCUT2D eigenvalue weighted by atomic mass is 9.94. The third-order valence-corrected chi connectivity index (χ3v) is 27.0. The first-order chi connectivity index (χ1) is 69.8. The number of nitrogens with one attached hydrogen (secondary N) is 4. The van der Waals surface area contributed by atoms with Crippen molar-refractivity contribution in [2.24, 2.45) is 17.8 Å². The molecule has 0 unspecified atom stereocenters. The SMILES string of the molecule is CC(=O)N1CCC(C(=O)N(CCc2ccc3c(c2)OCO3)C[C@H](O)[C@H](Cc2ccccc2)NC(=O)CNc2cccc(Cl)c2)CC1.CC(=O)N1CCC(C(=O)N(CCc2ccc3c(c2)OCO3)C[C@H](O)[C@H](Cc2ccccc2)NC(=O)COc2cccc(Cl)c2)CC1.COc1ccc(CCN(C[C@H](O)[C@H](Cc2ccccc2)NC(=O)c2cc(OC)c(OCc3ccccc3)c(OC)c2)C(=O)C2CCN(C)CC2)cc1. The summed E-state index contributed by atoms with van der Waals surface area (Å²) in [5, 5.41) is 48.3. The molecular weight excluding hydrogens is 1880 g/mol. The Balaban J connectivity index is 0.000000182. The zero-order chi connectivity index (χ0) is 102. The second-order valence-corrected chi connectivity index (χ2v) is 37.6. The van der Waals surface area contributed by atoms with Gasteiger partial charge in [-0.3, -0.25) is 38.4 Å². The lowest BCUT2D eigenvalue weighted by molar-refractivity contribution is -0.141. The van der Waals surface area contributed by atoms with Crippen molar-refractivity contribution in [1.82, 2.24) is 45.3 Å². The number of anilines is 1. The van der Waals surface area contributed by atoms with Gasteiger partial charge in [0.05, 0.1) is 64.3 Å². The van der Waals surface area contributed by atoms with E-state index < -0.39 is 48.3 Å². The number of carbonyl (C=O) groups is 8. The molecule has 3 saturated heterocycles. The molecule has 0 spiro atoms. The molecule has 0 aromatic heterocycles. The van der Waals surface area contributed by atoms with Gasteiger partial charge < -0.3 is 109 Å². The zero-order valence-corrected chi connectivity index (χ0v) is 84.0. The van der Waals surface area contributed by atoms with E-state index in [0.717, 1.165) is 70.6 Å². The van der Waals surface area contributed by atoms with Crippen molar-refractivity contribution in [3.8, 4) is 51.7 Å². The minimum Gasteiger partial charge on any atom is -0.497 e. The van der Waals surface area contributed by atoms with Crippen LogP contribution in [0.3, 0.4) is 0 Å². The number of hydrogen-bond donors (Lipinski definition) is 7. The summed E-state index contributed by atoms with van der Waals surface area (Å²) in [6.07, 6.45) is 3.37. The summed E-state index contributed by atoms with van der Waals surface area (Å²) in [4.78, 5) is 117. The Morgan fingerprint density at radius 2 is 0.799 bits per heavy atom. The minimum atomic E-state index is -1.08. The number of aliphatic hydroxyl groups is 3. The van der Waals surface area contributed by atoms with Gasteiger partial charge in [-0.25, -0.2) is 0 Å². The predicted molar refractivity (Wildman–Crippen MR) is 550 cm³/mol. The van der Waals surface area contributed by atoms with Crippen LogP contribution in [0.4, 0.5) is 5.69 Å². The molecule has 6 atom stereocenters. The van der Waals surface area contributed by atoms with E-state index in [2.05, 4.69) is 33.2 Å². The zero-order valence-electron chi connectivity index (χ0n) is 82.5. The van der Waals surface area contributed by atoms with Gasteiger partial charge in [0.1, 0.15) is 18.1 Å². The molecular formula is C112H132Cl2N10O20. The number of hydrogen-bond acceptors (Lipinski definition) is 22. The van der Waals surface area contributed by atoms with Crippen molar-refractivity contribution >= 4 is 76.1 Å². The summed E-state index contributed by atoms with van der Waals surface area (Å²) in [6.45, 7) is 8.50. The average molecular weight is 2010 g/mol. The fourth-order valence-electron chi connectivity index (χ4n) is 18.2. The minimum absolute atomic E-state index is 0.000165. The highest BCUT2D eigenvalue weighted by atomic mass is 35.5. The molecule has 10 aromatic rings. The second-order valence-electron chi connectivity index (χ2n) is 36.8. The molecule has 3 fully saturated rings. The van der Waals surface area contributed by atoms with Gasteiger partial charge in [-0.2, -0.15) is 0 Å². The van der Waals surface area contributed by atoms with Crippen LogP contribution in [0.25, 0.3) is 0 Å². The lowest BCUT2D eigenvalue weighted by Crippen LogP contribution is -2.53. The number of methoxy groups -OCH3 is 3. The van der Waals surface area contributed by atoms with E-state index in [1.807, 2.05) is 188 Å². The van der Waals surface area contributed by atoms with E-state index in [0.29, 0.717) is 172 Å². The number of piperidine rings is 3. The Kier molecular flexibility index (Phi) is 40.9. The Bertz CT molecular complexity index is 5570. The van der Waals surface area contributed by atoms with Crippen molar-refractivity contribution in [2.75, 3.05) is 139 Å². The van der Waals surface area contributed by atoms with Gasteiger partial charge in [0, 0.05) is 118 Å². The van der Waals surface area contributed by atoms with Gasteiger partial charge in [-0.1, -0.05) is 181 Å². The second kappa shape index (κ2) is 54.7. The molecule has 30 nitrogen and oxygen atoms in total. The third-order valence-electron chi connectivity index (χ3n) is 26.5. The topological polar surface area (TPSA) is 348 Å². The molecule has 10 aromatic carbocycles. The number of aliphatic hydroxyl groups excluding tert-OH is 3. The first-order valence-electron chi connectivity index (χ1n) is 49.1. The summed E-state index contributed by atoms with van der Waals surface area (Å²) < 4.78 is 50.3. The van der Waals surface area contributed by atoms with Gasteiger partial charge in [-0.15, -0.1) is 0 Å². The summed E-state index contributed by atoms with van der Waals surface area (Å²) in [7, 11) is 6.72. The summed E-state index contributed by atoms with van der Waals surface area (Å²) in [5.74, 6) is 3.13. The quantitative estimate of drug-likeness (QED) is 0.0187. The molecule has 5 heterocycles. The summed E-state index contributed by atoms with van der Waals surface area (Å²) >= 11 is 12.1. The molecule has 5 aliphatic heterocycles. The highest BCUT2D eigenvalue weighted by Crippen LogP contribution is 2.41. The Morgan fingerprint density at radius 1 is 0.403 bits per heavy atom. The van der Waals surface area contributed by atoms with Crippen LogP contribution >= 0.6 is 23.2 Å². The standard InChI is InChI=1S/C42H51N3O7.C35H41ClN4O6.C35H40ClN3O7/c1-44-22-20-33(21-23-44)42(48)45(24-19-30-15-17-35(49-2)18-16-30)28-37(46)36(25-31-11-7-5-8-12-31)43-41(47)34-26-38(50-3)40(39(27-34)51-4)52-29-32-13-9-6-10-14-32;1-24(41)39-16-13-27(14-17-39)35(44)40(15-12-26-10-11-32-33(19-26)46-23-45-32)22-31(42)30(18-25-6-3-2-4-7-25)38-34(43)21-37-29-9-5-8-28(36)20-29;1-24(40)38-16-13-27(14-17-38)35(43)39(15-12-26-10-11-32-33(19-26)46-23-45-32)21-31(41)30(18-25-6-3-2-4-7-25)37-34(42)22-44-29-9-5-8-28(36)20-29/h5-18,26-27,33,36-37,46H,19-25,28-29H2,1-4H3,(H,43,47);2-11,19-20,27,30-31,37,42H,12-18,21-23H2,1H3,(H,38,43);2-11,19-20,27,30-31,41H,12-18,21-23H2,1H3,(H,37,42)/t36-,37-;2*30-,31-/m000/s1. The molecule has 0 bridgehead atoms. The maximum atomic E-state index is 14.1. The maximum Gasteiger partial charge on any atom is 0.258 e. The highest BCUT2D eigenvalue weighted by molar-refractivity contribution is 6.31. The summed E-state index contributed by atoms with van der Waals surface area (Å²) in [5.41, 5.74) is 7.78. The first-order valence-corrected chi connectivity index (χ1v) is 49.8. The molecule has 7 N–H and O–H groups in total. The number of nitrogens with zero attached hydrogens (tertiary/aromatic N) is 6. The van der Waals surface area contributed by atoms with Crippen LogP contribution in [0.1, 0.15) is 102 Å². The van der Waals surface area contributed by atoms with Crippen LogP contribution in [-0.4, -0.2) is 262 Å². The number of carbonyl (C=O) groups excluding carboxylic acids is 8. The van der Waals surface area contributed by atoms with E-state index in [1.54, 1.807) is 93.1 Å². The van der Waals surface area contributed by atoms with Crippen molar-refractivity contribution in [2.45, 2.75) is 134 Å². The van der Waals surface area contributed by atoms with Crippen LogP contribution in [0.15, 0.2) is 243 Å². The van der Waals surface area contributed by atoms with E-state index in [9.17, 15) is 53.7 Å². The molecule has 8 amide bonds. The fraction of sp³-hybridized carbons (Fsp3) is 0.393. The van der Waals surface area contributed by atoms with Crippen molar-refractivity contribution in [3.05, 3.63) is 297 Å². The molecule has 0 saturated carbocycles. The van der Waals surface area contributed by atoms with Crippen LogP contribution in [0.2, 0.25) is 10.0 Å². The van der Waals surface area contributed by atoms with E-state index >= 15 is 0 Å². The first kappa shape index (κ1) is 108. The Hall–Kier alpha value is -13.6. The number of likely N-dealkylation sites (tertiary alicyclic amines) is 3. The Labute approximate surface area is 852 Å². The maximum absolute atomic E-state index is 14.1. The van der Waals surface area contributed by atoms with Gasteiger partial charge in [0.15, 0.2) is 41.1 Å². The van der Waals surface area contributed by atoms with Crippen molar-refractivity contribution < 1.29 is 96.3 Å². The molecule has 32 heteroatoms. The van der Waals surface area contributed by atoms with Crippen LogP contribution in [0, 0.1) is 17.8 Å². The smallest absolute Gasteiger partial charge is 0.258 e. The number of halogens is 2. The van der Waals surface area contributed by atoms with E-state index in [-0.39, 0.29) is 112 Å². The number of benzene rings is 10. The van der Waals surface area contributed by atoms with Crippen molar-refractivity contribution in [3.63, 3.8) is 0 Å². The van der Waals surface area contributed by atoms with Crippen molar-refractivity contribution in [1.29, 1.82) is 0 Å². The van der Waals surface area contributed by atoms with Crippen LogP contribution < -0.4 is 63.9 Å². The lowest BCUT2D eigenvalue weighted by Gasteiger charge is -2.36. The van der Waals surface area contributed by atoms with E-state index in [4.69, 9.17) is 65.8 Å². The van der Waals surface area contributed by atoms with Gasteiger partial charge in [0.25, 0.3) is 11.8 Å². The molecule has 5 aliphatic rings. The molecule has 0 radical (unpaired) electrons. The van der Waals surface area contributed by atoms with E-state index in [1.165, 1.54) is 21.1 Å². The number of rotatable bonds is 43. The molecule has 764 valence electrons. The largest absolute Gasteiger partial charge is 0.497 e. The molecule has 144 heavy (non-hydrogen) atoms. The Morgan fingerprint density at radius 3 is 1.22 bits per heavy atom. The number of amides is 8. The monoisotopic (exact) mass is 2010 g/mol. The van der Waals surface area contributed by atoms with Gasteiger partial charge in [-0.05, 0) is 221 Å². The fourth-order valence-corrected chi connectivity index (χ4v) is 18.6.